The van der Waals surface area contributed by atoms with Crippen molar-refractivity contribution in [3.05, 3.63) is 28.2 Å². The molecule has 106 valence electrons. The fraction of sp³-hybridized carbons (Fsp3) is 0.583. The van der Waals surface area contributed by atoms with E-state index in [1.54, 1.807) is 6.92 Å². The molecule has 0 aromatic carbocycles. The van der Waals surface area contributed by atoms with Gasteiger partial charge in [-0.2, -0.15) is 0 Å². The molecule has 0 spiro atoms. The molecule has 0 bridgehead atoms. The van der Waals surface area contributed by atoms with Crippen LogP contribution in [0.4, 0.5) is 0 Å². The normalized spacial score (nSPS) is 30.7. The Hall–Kier alpha value is -1.41. The highest BCUT2D eigenvalue weighted by atomic mass is 16.6. The second-order valence-electron chi connectivity index (χ2n) is 4.46. The molecule has 19 heavy (non-hydrogen) atoms. The van der Waals surface area contributed by atoms with Crippen molar-refractivity contribution in [3.8, 4) is 5.75 Å². The summed E-state index contributed by atoms with van der Waals surface area (Å²) in [6.07, 6.45) is -2.57. The van der Waals surface area contributed by atoms with Crippen LogP contribution in [0.25, 0.3) is 0 Å². The number of rotatable bonds is 3. The van der Waals surface area contributed by atoms with Crippen LogP contribution in [-0.4, -0.2) is 49.9 Å². The summed E-state index contributed by atoms with van der Waals surface area (Å²) in [4.78, 5) is 11.4. The molecule has 4 atom stereocenters. The zero-order valence-corrected chi connectivity index (χ0v) is 10.4. The number of aromatic hydroxyl groups is 1. The number of aromatic nitrogens is 1. The van der Waals surface area contributed by atoms with E-state index >= 15 is 0 Å². The Kier molecular flexibility index (Phi) is 3.91. The Morgan fingerprint density at radius 1 is 1.37 bits per heavy atom. The van der Waals surface area contributed by atoms with Crippen molar-refractivity contribution in [1.29, 1.82) is 0 Å². The van der Waals surface area contributed by atoms with E-state index in [1.807, 2.05) is 0 Å². The topological polar surface area (TPSA) is 112 Å². The fourth-order valence-corrected chi connectivity index (χ4v) is 2.28. The van der Waals surface area contributed by atoms with Crippen LogP contribution in [0.1, 0.15) is 18.8 Å². The molecule has 0 amide bonds. The maximum absolute atomic E-state index is 11.4. The van der Waals surface area contributed by atoms with Crippen molar-refractivity contribution < 1.29 is 25.2 Å². The third-order valence-corrected chi connectivity index (χ3v) is 3.33. The standard InChI is InChI=1S/C12H17NO6/c1-2-6-9(16)7(15)3-4-13(6)12-11(18)10(17)8(5-14)19-12/h3-4,8,10-12,14,16-18H,2,5H2,1H3/t8-,10+,11-,12+/m0/s1. The number of ether oxygens (including phenoxy) is 1. The molecule has 0 unspecified atom stereocenters. The van der Waals surface area contributed by atoms with E-state index in [1.165, 1.54) is 10.8 Å². The molecular weight excluding hydrogens is 254 g/mol. The molecule has 7 nitrogen and oxygen atoms in total. The first-order valence-corrected chi connectivity index (χ1v) is 6.06. The van der Waals surface area contributed by atoms with Crippen molar-refractivity contribution >= 4 is 0 Å². The van der Waals surface area contributed by atoms with Crippen molar-refractivity contribution in [3.63, 3.8) is 0 Å². The number of hydrogen-bond donors (Lipinski definition) is 4. The largest absolute Gasteiger partial charge is 0.503 e. The second-order valence-corrected chi connectivity index (χ2v) is 4.46. The molecule has 2 rings (SSSR count). The first-order chi connectivity index (χ1) is 9.01. The first-order valence-electron chi connectivity index (χ1n) is 6.06. The van der Waals surface area contributed by atoms with Crippen LogP contribution in [0.3, 0.4) is 0 Å². The molecule has 0 aliphatic carbocycles. The third kappa shape index (κ3) is 2.25. The van der Waals surface area contributed by atoms with Crippen LogP contribution >= 0.6 is 0 Å². The molecule has 0 radical (unpaired) electrons. The summed E-state index contributed by atoms with van der Waals surface area (Å²) in [5, 5.41) is 38.4. The monoisotopic (exact) mass is 271 g/mol. The summed E-state index contributed by atoms with van der Waals surface area (Å²) in [7, 11) is 0. The van der Waals surface area contributed by atoms with Gasteiger partial charge in [0, 0.05) is 12.3 Å². The predicted molar refractivity (Wildman–Crippen MR) is 64.8 cm³/mol. The molecule has 7 heteroatoms. The van der Waals surface area contributed by atoms with Gasteiger partial charge in [0.05, 0.1) is 12.3 Å². The van der Waals surface area contributed by atoms with Crippen LogP contribution in [0.15, 0.2) is 17.1 Å². The van der Waals surface area contributed by atoms with E-state index in [4.69, 9.17) is 9.84 Å². The van der Waals surface area contributed by atoms with E-state index in [9.17, 15) is 20.1 Å². The second kappa shape index (κ2) is 5.30. The van der Waals surface area contributed by atoms with Crippen LogP contribution in [0, 0.1) is 0 Å². The maximum atomic E-state index is 11.4. The number of hydrogen-bond acceptors (Lipinski definition) is 6. The number of pyridine rings is 1. The van der Waals surface area contributed by atoms with Gasteiger partial charge in [-0.25, -0.2) is 0 Å². The van der Waals surface area contributed by atoms with Crippen LogP contribution in [0.2, 0.25) is 0 Å². The number of nitrogens with zero attached hydrogens (tertiary/aromatic N) is 1. The van der Waals surface area contributed by atoms with E-state index < -0.39 is 42.3 Å². The van der Waals surface area contributed by atoms with Gasteiger partial charge in [0.15, 0.2) is 12.0 Å². The summed E-state index contributed by atoms with van der Waals surface area (Å²) in [5.41, 5.74) is -0.206. The molecule has 1 fully saturated rings. The van der Waals surface area contributed by atoms with E-state index in [-0.39, 0.29) is 0 Å². The number of aliphatic hydroxyl groups excluding tert-OH is 3. The minimum absolute atomic E-state index is 0.308. The molecule has 2 heterocycles. The average Bonchev–Trinajstić information content (AvgIpc) is 2.69. The summed E-state index contributed by atoms with van der Waals surface area (Å²) in [6.45, 7) is 1.31. The van der Waals surface area contributed by atoms with Gasteiger partial charge in [-0.05, 0) is 6.42 Å². The highest BCUT2D eigenvalue weighted by Gasteiger charge is 2.43. The molecule has 1 aromatic heterocycles. The SMILES string of the molecule is CCc1c(O)c(=O)ccn1[C@@H]1O[C@@H](CO)[C@@H](O)[C@@H]1O. The van der Waals surface area contributed by atoms with Crippen molar-refractivity contribution in [2.45, 2.75) is 37.9 Å². The third-order valence-electron chi connectivity index (χ3n) is 3.33. The zero-order chi connectivity index (χ0) is 14.2. The van der Waals surface area contributed by atoms with E-state index in [0.717, 1.165) is 6.07 Å². The van der Waals surface area contributed by atoms with Gasteiger partial charge in [0.2, 0.25) is 5.43 Å². The van der Waals surface area contributed by atoms with Crippen molar-refractivity contribution in [1.82, 2.24) is 4.57 Å². The highest BCUT2D eigenvalue weighted by Crippen LogP contribution is 2.31. The Labute approximate surface area is 109 Å². The van der Waals surface area contributed by atoms with Crippen LogP contribution < -0.4 is 5.43 Å². The van der Waals surface area contributed by atoms with Gasteiger partial charge in [-0.3, -0.25) is 4.79 Å². The summed E-state index contributed by atoms with van der Waals surface area (Å²) >= 11 is 0. The molecule has 1 aliphatic rings. The lowest BCUT2D eigenvalue weighted by atomic mass is 10.1. The van der Waals surface area contributed by atoms with Crippen molar-refractivity contribution in [2.24, 2.45) is 0 Å². The van der Waals surface area contributed by atoms with Gasteiger partial charge < -0.3 is 29.7 Å². The zero-order valence-electron chi connectivity index (χ0n) is 10.4. The van der Waals surface area contributed by atoms with Gasteiger partial charge in [-0.1, -0.05) is 6.92 Å². The smallest absolute Gasteiger partial charge is 0.223 e. The lowest BCUT2D eigenvalue weighted by Gasteiger charge is -2.22. The Balaban J connectivity index is 2.43. The Morgan fingerprint density at radius 2 is 2.05 bits per heavy atom. The minimum Gasteiger partial charge on any atom is -0.503 e. The van der Waals surface area contributed by atoms with Crippen LogP contribution in [-0.2, 0) is 11.2 Å². The molecule has 1 aliphatic heterocycles. The lowest BCUT2D eigenvalue weighted by molar-refractivity contribution is -0.0543. The maximum Gasteiger partial charge on any atom is 0.223 e. The van der Waals surface area contributed by atoms with Gasteiger partial charge in [-0.15, -0.1) is 0 Å². The van der Waals surface area contributed by atoms with Gasteiger partial charge in [0.25, 0.3) is 0 Å². The lowest BCUT2D eigenvalue weighted by Crippen LogP contribution is -2.33. The van der Waals surface area contributed by atoms with E-state index in [0.29, 0.717) is 12.1 Å². The quantitative estimate of drug-likeness (QED) is 0.545. The molecule has 1 aromatic rings. The molecule has 4 N–H and O–H groups in total. The molecular formula is C12H17NO6. The first kappa shape index (κ1) is 14.0. The summed E-state index contributed by atoms with van der Waals surface area (Å²) < 4.78 is 6.76. The van der Waals surface area contributed by atoms with Crippen LogP contribution in [0.5, 0.6) is 5.75 Å². The number of aliphatic hydroxyl groups is 3. The summed E-state index contributed by atoms with van der Waals surface area (Å²) in [6, 6.07) is 1.16. The fourth-order valence-electron chi connectivity index (χ4n) is 2.28. The Morgan fingerprint density at radius 3 is 2.58 bits per heavy atom. The minimum atomic E-state index is -1.25. The Bertz CT molecular complexity index is 513. The predicted octanol–water partition coefficient (Wildman–Crippen LogP) is -1.27. The van der Waals surface area contributed by atoms with Crippen molar-refractivity contribution in [2.75, 3.05) is 6.61 Å². The van der Waals surface area contributed by atoms with Gasteiger partial charge in [0.1, 0.15) is 18.3 Å². The molecule has 0 saturated carbocycles. The highest BCUT2D eigenvalue weighted by molar-refractivity contribution is 5.27. The van der Waals surface area contributed by atoms with E-state index in [2.05, 4.69) is 0 Å². The molecule has 1 saturated heterocycles. The summed E-state index contributed by atoms with van der Waals surface area (Å²) in [5.74, 6) is -0.400. The average molecular weight is 271 g/mol. The van der Waals surface area contributed by atoms with Gasteiger partial charge >= 0.3 is 0 Å².